The van der Waals surface area contributed by atoms with Crippen LogP contribution >= 0.6 is 0 Å². The number of ether oxygens (including phenoxy) is 1. The molecule has 1 aliphatic rings. The third-order valence-electron chi connectivity index (χ3n) is 4.00. The van der Waals surface area contributed by atoms with Gasteiger partial charge >= 0.3 is 0 Å². The van der Waals surface area contributed by atoms with Crippen LogP contribution in [0.25, 0.3) is 0 Å². The van der Waals surface area contributed by atoms with Gasteiger partial charge in [0.15, 0.2) is 0 Å². The monoisotopic (exact) mass is 285 g/mol. The summed E-state index contributed by atoms with van der Waals surface area (Å²) in [6, 6.07) is 11.5. The first-order valence-corrected chi connectivity index (χ1v) is 7.45. The standard InChI is InChI=1S/C18H20FNO/c1-3-20-17(14-8-4-6-12(2)16(14)19)15-9-5-7-13-10-11-21-18(13)15/h4-9,17,20H,3,10-11H2,1-2H3. The summed E-state index contributed by atoms with van der Waals surface area (Å²) in [5.74, 6) is 0.781. The fraction of sp³-hybridized carbons (Fsp3) is 0.333. The molecule has 1 atom stereocenters. The summed E-state index contributed by atoms with van der Waals surface area (Å²) in [5, 5.41) is 3.39. The number of halogens is 1. The smallest absolute Gasteiger partial charge is 0.131 e. The second kappa shape index (κ2) is 5.86. The number of nitrogens with one attached hydrogen (secondary N) is 1. The van der Waals surface area contributed by atoms with Crippen LogP contribution in [0.4, 0.5) is 4.39 Å². The molecule has 0 bridgehead atoms. The summed E-state index contributed by atoms with van der Waals surface area (Å²) >= 11 is 0. The van der Waals surface area contributed by atoms with E-state index in [4.69, 9.17) is 4.74 Å². The van der Waals surface area contributed by atoms with Crippen molar-refractivity contribution in [3.63, 3.8) is 0 Å². The van der Waals surface area contributed by atoms with Gasteiger partial charge in [-0.15, -0.1) is 0 Å². The number of para-hydroxylation sites is 1. The van der Waals surface area contributed by atoms with E-state index in [-0.39, 0.29) is 11.9 Å². The summed E-state index contributed by atoms with van der Waals surface area (Å²) in [5.41, 5.74) is 3.59. The largest absolute Gasteiger partial charge is 0.493 e. The lowest BCUT2D eigenvalue weighted by Gasteiger charge is -2.22. The van der Waals surface area contributed by atoms with Crippen molar-refractivity contribution in [2.24, 2.45) is 0 Å². The number of hydrogen-bond acceptors (Lipinski definition) is 2. The SMILES string of the molecule is CCNC(c1cccc(C)c1F)c1cccc2c1OCC2. The van der Waals surface area contributed by atoms with Gasteiger partial charge in [0.2, 0.25) is 0 Å². The molecular formula is C18H20FNO. The van der Waals surface area contributed by atoms with Crippen molar-refractivity contribution >= 4 is 0 Å². The van der Waals surface area contributed by atoms with Gasteiger partial charge in [-0.2, -0.15) is 0 Å². The number of fused-ring (bicyclic) bond motifs is 1. The average Bonchev–Trinajstić information content (AvgIpc) is 2.97. The van der Waals surface area contributed by atoms with E-state index >= 15 is 0 Å². The van der Waals surface area contributed by atoms with E-state index in [1.54, 1.807) is 13.0 Å². The van der Waals surface area contributed by atoms with Crippen LogP contribution in [0, 0.1) is 12.7 Å². The molecule has 0 saturated heterocycles. The van der Waals surface area contributed by atoms with Gasteiger partial charge < -0.3 is 10.1 Å². The highest BCUT2D eigenvalue weighted by Gasteiger charge is 2.25. The van der Waals surface area contributed by atoms with Crippen molar-refractivity contribution in [2.45, 2.75) is 26.3 Å². The molecule has 2 nitrogen and oxygen atoms in total. The first-order chi connectivity index (χ1) is 10.2. The lowest BCUT2D eigenvalue weighted by Crippen LogP contribution is -2.23. The van der Waals surface area contributed by atoms with Crippen LogP contribution in [0.5, 0.6) is 5.75 Å². The van der Waals surface area contributed by atoms with Crippen LogP contribution in [0.2, 0.25) is 0 Å². The molecule has 3 heteroatoms. The Morgan fingerprint density at radius 2 is 1.95 bits per heavy atom. The Hall–Kier alpha value is -1.87. The van der Waals surface area contributed by atoms with Gasteiger partial charge in [-0.05, 0) is 24.6 Å². The van der Waals surface area contributed by atoms with E-state index in [1.165, 1.54) is 5.56 Å². The van der Waals surface area contributed by atoms with E-state index in [9.17, 15) is 4.39 Å². The van der Waals surface area contributed by atoms with Crippen LogP contribution in [0.3, 0.4) is 0 Å². The topological polar surface area (TPSA) is 21.3 Å². The van der Waals surface area contributed by atoms with Crippen molar-refractivity contribution in [1.82, 2.24) is 5.32 Å². The number of aryl methyl sites for hydroxylation is 1. The van der Waals surface area contributed by atoms with Crippen LogP contribution in [-0.4, -0.2) is 13.2 Å². The van der Waals surface area contributed by atoms with Gasteiger partial charge in [-0.1, -0.05) is 43.3 Å². The second-order valence-corrected chi connectivity index (χ2v) is 5.40. The fourth-order valence-electron chi connectivity index (χ4n) is 2.95. The van der Waals surface area contributed by atoms with E-state index < -0.39 is 0 Å². The van der Waals surface area contributed by atoms with Gasteiger partial charge in [-0.25, -0.2) is 4.39 Å². The third kappa shape index (κ3) is 2.54. The zero-order valence-corrected chi connectivity index (χ0v) is 12.4. The molecule has 1 aliphatic heterocycles. The zero-order valence-electron chi connectivity index (χ0n) is 12.4. The van der Waals surface area contributed by atoms with E-state index in [2.05, 4.69) is 11.4 Å². The molecule has 0 aromatic heterocycles. The van der Waals surface area contributed by atoms with Gasteiger partial charge in [0.25, 0.3) is 0 Å². The lowest BCUT2D eigenvalue weighted by molar-refractivity contribution is 0.350. The average molecular weight is 285 g/mol. The first kappa shape index (κ1) is 14.1. The Balaban J connectivity index is 2.11. The predicted molar refractivity (Wildman–Crippen MR) is 82.3 cm³/mol. The molecule has 0 fully saturated rings. The van der Waals surface area contributed by atoms with Crippen LogP contribution in [-0.2, 0) is 6.42 Å². The maximum Gasteiger partial charge on any atom is 0.131 e. The quantitative estimate of drug-likeness (QED) is 0.923. The van der Waals surface area contributed by atoms with Crippen LogP contribution < -0.4 is 10.1 Å². The molecule has 0 aliphatic carbocycles. The Morgan fingerprint density at radius 1 is 1.19 bits per heavy atom. The summed E-state index contributed by atoms with van der Waals surface area (Å²) in [6.45, 7) is 5.31. The van der Waals surface area contributed by atoms with E-state index in [0.29, 0.717) is 17.7 Å². The van der Waals surface area contributed by atoms with Crippen molar-refractivity contribution in [3.05, 3.63) is 64.5 Å². The molecule has 0 amide bonds. The second-order valence-electron chi connectivity index (χ2n) is 5.40. The Morgan fingerprint density at radius 3 is 2.76 bits per heavy atom. The highest BCUT2D eigenvalue weighted by Crippen LogP contribution is 2.37. The van der Waals surface area contributed by atoms with Gasteiger partial charge in [0.05, 0.1) is 12.6 Å². The molecule has 1 N–H and O–H groups in total. The minimum Gasteiger partial charge on any atom is -0.493 e. The number of benzene rings is 2. The molecular weight excluding hydrogens is 265 g/mol. The molecule has 21 heavy (non-hydrogen) atoms. The minimum absolute atomic E-state index is 0.140. The molecule has 2 aromatic carbocycles. The summed E-state index contributed by atoms with van der Waals surface area (Å²) in [4.78, 5) is 0. The fourth-order valence-corrected chi connectivity index (χ4v) is 2.95. The van der Waals surface area contributed by atoms with Gasteiger partial charge in [0, 0.05) is 17.5 Å². The molecule has 0 spiro atoms. The number of rotatable bonds is 4. The normalized spacial score (nSPS) is 14.6. The maximum atomic E-state index is 14.5. The van der Waals surface area contributed by atoms with Crippen molar-refractivity contribution in [1.29, 1.82) is 0 Å². The van der Waals surface area contributed by atoms with E-state index in [0.717, 1.165) is 24.3 Å². The Labute approximate surface area is 125 Å². The molecule has 0 radical (unpaired) electrons. The summed E-state index contributed by atoms with van der Waals surface area (Å²) < 4.78 is 20.3. The van der Waals surface area contributed by atoms with Gasteiger partial charge in [-0.3, -0.25) is 0 Å². The maximum absolute atomic E-state index is 14.5. The predicted octanol–water partition coefficient (Wildman–Crippen LogP) is 3.77. The lowest BCUT2D eigenvalue weighted by atomic mass is 9.94. The molecule has 1 heterocycles. The molecule has 1 unspecified atom stereocenters. The Kier molecular flexibility index (Phi) is 3.93. The molecule has 110 valence electrons. The highest BCUT2D eigenvalue weighted by atomic mass is 19.1. The van der Waals surface area contributed by atoms with Crippen molar-refractivity contribution in [2.75, 3.05) is 13.2 Å². The highest BCUT2D eigenvalue weighted by molar-refractivity contribution is 5.49. The summed E-state index contributed by atoms with van der Waals surface area (Å²) in [6.07, 6.45) is 0.929. The van der Waals surface area contributed by atoms with E-state index in [1.807, 2.05) is 31.2 Å². The van der Waals surface area contributed by atoms with Crippen LogP contribution in [0.1, 0.15) is 35.2 Å². The zero-order chi connectivity index (χ0) is 14.8. The Bertz CT molecular complexity index is 654. The molecule has 2 aromatic rings. The van der Waals surface area contributed by atoms with Crippen molar-refractivity contribution in [3.8, 4) is 5.75 Å². The molecule has 0 saturated carbocycles. The number of hydrogen-bond donors (Lipinski definition) is 1. The van der Waals surface area contributed by atoms with Crippen LogP contribution in [0.15, 0.2) is 36.4 Å². The van der Waals surface area contributed by atoms with Crippen molar-refractivity contribution < 1.29 is 9.13 Å². The minimum atomic E-state index is -0.178. The first-order valence-electron chi connectivity index (χ1n) is 7.45. The third-order valence-corrected chi connectivity index (χ3v) is 4.00. The molecule has 3 rings (SSSR count). The van der Waals surface area contributed by atoms with Gasteiger partial charge in [0.1, 0.15) is 11.6 Å². The summed E-state index contributed by atoms with van der Waals surface area (Å²) in [7, 11) is 0.